The van der Waals surface area contributed by atoms with Crippen LogP contribution >= 0.6 is 0 Å². The second-order valence-electron chi connectivity index (χ2n) is 7.17. The maximum atomic E-state index is 12.4. The SMILES string of the molecule is CCOC(=O)C1(c2ccc(-c3ccc(-c4cnn(C)c4N)nc3)c(C#N)c2)CC1. The maximum absolute atomic E-state index is 12.4. The van der Waals surface area contributed by atoms with Gasteiger partial charge in [-0.05, 0) is 37.5 Å². The number of hydrogen-bond donors (Lipinski definition) is 1. The van der Waals surface area contributed by atoms with E-state index in [0.29, 0.717) is 23.7 Å². The molecule has 2 heterocycles. The van der Waals surface area contributed by atoms with E-state index < -0.39 is 5.41 Å². The lowest BCUT2D eigenvalue weighted by Gasteiger charge is -2.15. The quantitative estimate of drug-likeness (QED) is 0.674. The summed E-state index contributed by atoms with van der Waals surface area (Å²) in [6.45, 7) is 2.15. The molecule has 1 aliphatic rings. The van der Waals surface area contributed by atoms with Crippen LogP contribution in [-0.4, -0.2) is 27.3 Å². The monoisotopic (exact) mass is 387 g/mol. The van der Waals surface area contributed by atoms with Crippen molar-refractivity contribution in [3.8, 4) is 28.5 Å². The molecule has 7 nitrogen and oxygen atoms in total. The van der Waals surface area contributed by atoms with Gasteiger partial charge in [-0.15, -0.1) is 0 Å². The third-order valence-electron chi connectivity index (χ3n) is 5.44. The van der Waals surface area contributed by atoms with Crippen LogP contribution in [-0.2, 0) is 22.0 Å². The molecule has 0 unspecified atom stereocenters. The first-order chi connectivity index (χ1) is 14.0. The smallest absolute Gasteiger partial charge is 0.316 e. The van der Waals surface area contributed by atoms with Crippen LogP contribution in [0.2, 0.25) is 0 Å². The number of nitrogens with two attached hydrogens (primary N) is 1. The molecule has 0 radical (unpaired) electrons. The molecule has 1 aliphatic carbocycles. The van der Waals surface area contributed by atoms with Crippen molar-refractivity contribution >= 4 is 11.8 Å². The third-order valence-corrected chi connectivity index (χ3v) is 5.44. The van der Waals surface area contributed by atoms with Gasteiger partial charge in [-0.2, -0.15) is 10.4 Å². The van der Waals surface area contributed by atoms with Gasteiger partial charge in [0.05, 0.1) is 41.1 Å². The van der Waals surface area contributed by atoms with Crippen molar-refractivity contribution in [1.29, 1.82) is 5.26 Å². The fourth-order valence-electron chi connectivity index (χ4n) is 3.55. The van der Waals surface area contributed by atoms with Gasteiger partial charge < -0.3 is 10.5 Å². The summed E-state index contributed by atoms with van der Waals surface area (Å²) in [5.74, 6) is 0.331. The van der Waals surface area contributed by atoms with Crippen LogP contribution in [0.15, 0.2) is 42.7 Å². The fraction of sp³-hybridized carbons (Fsp3) is 0.273. The number of nitriles is 1. The third kappa shape index (κ3) is 3.13. The number of pyridine rings is 1. The molecule has 0 spiro atoms. The van der Waals surface area contributed by atoms with Gasteiger partial charge in [0.2, 0.25) is 0 Å². The molecule has 0 aliphatic heterocycles. The number of nitrogen functional groups attached to an aromatic ring is 1. The summed E-state index contributed by atoms with van der Waals surface area (Å²) in [5.41, 5.74) is 9.84. The minimum absolute atomic E-state index is 0.211. The molecule has 146 valence electrons. The average molecular weight is 387 g/mol. The number of esters is 1. The van der Waals surface area contributed by atoms with Crippen LogP contribution in [0.1, 0.15) is 30.9 Å². The van der Waals surface area contributed by atoms with E-state index in [1.807, 2.05) is 24.3 Å². The number of aryl methyl sites for hydroxylation is 1. The van der Waals surface area contributed by atoms with Crippen LogP contribution in [0.5, 0.6) is 0 Å². The van der Waals surface area contributed by atoms with Crippen LogP contribution < -0.4 is 5.73 Å². The van der Waals surface area contributed by atoms with E-state index in [2.05, 4.69) is 16.2 Å². The lowest BCUT2D eigenvalue weighted by molar-refractivity contribution is -0.146. The summed E-state index contributed by atoms with van der Waals surface area (Å²) in [4.78, 5) is 16.8. The first kappa shape index (κ1) is 18.7. The van der Waals surface area contributed by atoms with Gasteiger partial charge in [0.25, 0.3) is 0 Å². The molecule has 0 bridgehead atoms. The van der Waals surface area contributed by atoms with Gasteiger partial charge in [0.1, 0.15) is 5.82 Å². The summed E-state index contributed by atoms with van der Waals surface area (Å²) in [7, 11) is 1.77. The number of benzene rings is 1. The zero-order valence-electron chi connectivity index (χ0n) is 16.3. The molecule has 1 saturated carbocycles. The Bertz CT molecular complexity index is 1120. The highest BCUT2D eigenvalue weighted by Gasteiger charge is 2.52. The topological polar surface area (TPSA) is 107 Å². The van der Waals surface area contributed by atoms with Crippen molar-refractivity contribution in [3.63, 3.8) is 0 Å². The molecule has 1 fully saturated rings. The summed E-state index contributed by atoms with van der Waals surface area (Å²) in [6, 6.07) is 11.6. The lowest BCUT2D eigenvalue weighted by Crippen LogP contribution is -2.23. The number of ether oxygens (including phenoxy) is 1. The second-order valence-corrected chi connectivity index (χ2v) is 7.17. The molecule has 0 amide bonds. The van der Waals surface area contributed by atoms with E-state index in [9.17, 15) is 10.1 Å². The molecule has 29 heavy (non-hydrogen) atoms. The molecule has 3 aromatic rings. The minimum atomic E-state index is -0.597. The number of aromatic nitrogens is 3. The largest absolute Gasteiger partial charge is 0.465 e. The van der Waals surface area contributed by atoms with Gasteiger partial charge in [-0.3, -0.25) is 14.5 Å². The van der Waals surface area contributed by atoms with E-state index in [4.69, 9.17) is 10.5 Å². The first-order valence-electron chi connectivity index (χ1n) is 9.46. The Morgan fingerprint density at radius 3 is 2.62 bits per heavy atom. The molecule has 2 aromatic heterocycles. The zero-order chi connectivity index (χ0) is 20.6. The van der Waals surface area contributed by atoms with Crippen LogP contribution in [0, 0.1) is 11.3 Å². The predicted molar refractivity (Wildman–Crippen MR) is 109 cm³/mol. The van der Waals surface area contributed by atoms with Crippen molar-refractivity contribution in [3.05, 3.63) is 53.9 Å². The molecular formula is C22H21N5O2. The van der Waals surface area contributed by atoms with Gasteiger partial charge in [0.15, 0.2) is 0 Å². The molecular weight excluding hydrogens is 366 g/mol. The fourth-order valence-corrected chi connectivity index (χ4v) is 3.55. The van der Waals surface area contributed by atoms with Gasteiger partial charge >= 0.3 is 5.97 Å². The Kier molecular flexibility index (Phi) is 4.55. The van der Waals surface area contributed by atoms with Crippen molar-refractivity contribution in [2.45, 2.75) is 25.2 Å². The molecule has 2 N–H and O–H groups in total. The summed E-state index contributed by atoms with van der Waals surface area (Å²) in [5, 5.41) is 13.8. The summed E-state index contributed by atoms with van der Waals surface area (Å²) >= 11 is 0. The molecule has 4 rings (SSSR count). The number of carbonyl (C=O) groups excluding carboxylic acids is 1. The molecule has 0 atom stereocenters. The normalized spacial score (nSPS) is 14.2. The average Bonchev–Trinajstić information content (AvgIpc) is 3.49. The summed E-state index contributed by atoms with van der Waals surface area (Å²) < 4.78 is 6.82. The number of carbonyl (C=O) groups is 1. The first-order valence-corrected chi connectivity index (χ1v) is 9.46. The number of rotatable bonds is 5. The van der Waals surface area contributed by atoms with E-state index >= 15 is 0 Å². The highest BCUT2D eigenvalue weighted by Crippen LogP contribution is 2.50. The Morgan fingerprint density at radius 1 is 1.28 bits per heavy atom. The van der Waals surface area contributed by atoms with E-state index in [1.54, 1.807) is 37.1 Å². The van der Waals surface area contributed by atoms with Crippen LogP contribution in [0.4, 0.5) is 5.82 Å². The Hall–Kier alpha value is -3.66. The highest BCUT2D eigenvalue weighted by atomic mass is 16.5. The second kappa shape index (κ2) is 7.06. The number of nitrogens with zero attached hydrogens (tertiary/aromatic N) is 4. The van der Waals surface area contributed by atoms with E-state index in [0.717, 1.165) is 35.1 Å². The van der Waals surface area contributed by atoms with Crippen LogP contribution in [0.25, 0.3) is 22.4 Å². The van der Waals surface area contributed by atoms with Crippen molar-refractivity contribution in [2.75, 3.05) is 12.3 Å². The molecule has 1 aromatic carbocycles. The van der Waals surface area contributed by atoms with Crippen molar-refractivity contribution in [1.82, 2.24) is 14.8 Å². The minimum Gasteiger partial charge on any atom is -0.465 e. The van der Waals surface area contributed by atoms with Crippen LogP contribution in [0.3, 0.4) is 0 Å². The predicted octanol–water partition coefficient (Wildman–Crippen LogP) is 3.20. The summed E-state index contributed by atoms with van der Waals surface area (Å²) in [6.07, 6.45) is 4.89. The lowest BCUT2D eigenvalue weighted by atomic mass is 9.91. The maximum Gasteiger partial charge on any atom is 0.316 e. The van der Waals surface area contributed by atoms with E-state index in [1.165, 1.54) is 0 Å². The standard InChI is InChI=1S/C22H21N5O2/c1-3-29-21(28)22(8-9-22)16-5-6-17(15(10-16)11-23)14-4-7-19(25-12-14)18-13-26-27(2)20(18)24/h4-7,10,12-13H,3,8-9,24H2,1-2H3. The molecule has 0 saturated heterocycles. The number of anilines is 1. The Morgan fingerprint density at radius 2 is 2.07 bits per heavy atom. The Labute approximate surface area is 168 Å². The molecule has 7 heteroatoms. The van der Waals surface area contributed by atoms with Crippen molar-refractivity contribution < 1.29 is 9.53 Å². The number of hydrogen-bond acceptors (Lipinski definition) is 6. The van der Waals surface area contributed by atoms with Crippen molar-refractivity contribution in [2.24, 2.45) is 7.05 Å². The Balaban J connectivity index is 1.67. The zero-order valence-corrected chi connectivity index (χ0v) is 16.3. The highest BCUT2D eigenvalue weighted by molar-refractivity contribution is 5.87. The van der Waals surface area contributed by atoms with E-state index in [-0.39, 0.29) is 5.97 Å². The van der Waals surface area contributed by atoms with Gasteiger partial charge in [0, 0.05) is 24.4 Å². The van der Waals surface area contributed by atoms with Gasteiger partial charge in [-0.1, -0.05) is 18.2 Å². The van der Waals surface area contributed by atoms with Gasteiger partial charge in [-0.25, -0.2) is 0 Å².